The molecule has 8 heteroatoms. The van der Waals surface area contributed by atoms with Crippen LogP contribution in [0.25, 0.3) is 0 Å². The van der Waals surface area contributed by atoms with Crippen LogP contribution >= 0.6 is 0 Å². The highest BCUT2D eigenvalue weighted by Crippen LogP contribution is 2.40. The lowest BCUT2D eigenvalue weighted by Gasteiger charge is -2.23. The molecule has 0 spiro atoms. The van der Waals surface area contributed by atoms with E-state index in [2.05, 4.69) is 31.6 Å². The zero-order chi connectivity index (χ0) is 22.5. The van der Waals surface area contributed by atoms with Gasteiger partial charge in [-0.2, -0.15) is 5.48 Å². The molecule has 2 aromatic carbocycles. The first-order chi connectivity index (χ1) is 14.1. The van der Waals surface area contributed by atoms with Crippen molar-refractivity contribution in [2.24, 2.45) is 11.6 Å². The molecule has 0 atom stereocenters. The molecule has 8 nitrogen and oxygen atoms in total. The summed E-state index contributed by atoms with van der Waals surface area (Å²) in [7, 11) is 3.18. The molecular formula is C22H31N5O3. The number of carbonyl (C=O) groups is 1. The minimum Gasteiger partial charge on any atom is -0.491 e. The molecule has 162 valence electrons. The van der Waals surface area contributed by atoms with Gasteiger partial charge in [0.25, 0.3) is 5.91 Å². The summed E-state index contributed by atoms with van der Waals surface area (Å²) in [6.45, 7) is 8.14. The fourth-order valence-electron chi connectivity index (χ4n) is 2.92. The van der Waals surface area contributed by atoms with E-state index in [0.717, 1.165) is 11.1 Å². The first kappa shape index (κ1) is 23.1. The number of aryl methyl sites for hydroxylation is 1. The molecule has 0 unspecified atom stereocenters. The topological polar surface area (TPSA) is 115 Å². The number of nitrogens with zero attached hydrogens (tertiary/aromatic N) is 1. The molecule has 0 aromatic heterocycles. The number of benzene rings is 2. The Labute approximate surface area is 177 Å². The van der Waals surface area contributed by atoms with Crippen LogP contribution in [-0.2, 0) is 5.41 Å². The number of rotatable bonds is 7. The predicted octanol–water partition coefficient (Wildman–Crippen LogP) is 3.18. The van der Waals surface area contributed by atoms with Gasteiger partial charge in [-0.3, -0.25) is 9.80 Å². The zero-order valence-corrected chi connectivity index (χ0v) is 18.4. The van der Waals surface area contributed by atoms with Gasteiger partial charge in [-0.05, 0) is 47.7 Å². The molecule has 1 amide bonds. The van der Waals surface area contributed by atoms with Crippen LogP contribution in [0, 0.1) is 6.92 Å². The Balaban J connectivity index is 2.47. The number of amides is 1. The van der Waals surface area contributed by atoms with Crippen molar-refractivity contribution in [3.8, 4) is 11.5 Å². The van der Waals surface area contributed by atoms with E-state index in [1.807, 2.05) is 25.1 Å². The van der Waals surface area contributed by atoms with Gasteiger partial charge < -0.3 is 20.6 Å². The summed E-state index contributed by atoms with van der Waals surface area (Å²) in [5, 5.41) is 4.30. The molecule has 0 saturated heterocycles. The van der Waals surface area contributed by atoms with Gasteiger partial charge >= 0.3 is 0 Å². The lowest BCUT2D eigenvalue weighted by Crippen LogP contribution is -2.26. The highest BCUT2D eigenvalue weighted by Gasteiger charge is 2.22. The molecular weight excluding hydrogens is 382 g/mol. The van der Waals surface area contributed by atoms with E-state index < -0.39 is 0 Å². The summed E-state index contributed by atoms with van der Waals surface area (Å²) in [5.74, 6) is 6.58. The summed E-state index contributed by atoms with van der Waals surface area (Å²) in [6.07, 6.45) is 2.85. The van der Waals surface area contributed by atoms with E-state index in [0.29, 0.717) is 28.4 Å². The molecule has 6 N–H and O–H groups in total. The SMILES string of the molecule is CNOc1cc(C(C)(C)C)cc(NC(=O)c2ccc(C)c(N(N)/C=C\N)c2)c1OC. The van der Waals surface area contributed by atoms with Crippen molar-refractivity contribution in [1.29, 1.82) is 0 Å². The van der Waals surface area contributed by atoms with E-state index >= 15 is 0 Å². The standard InChI is InChI=1S/C22H31N5O3/c1-14-7-8-15(11-18(14)27(24)10-9-23)21(28)26-17-12-16(22(2,3)4)13-19(30-25-5)20(17)29-6/h7-13,25H,23-24H2,1-6H3,(H,26,28)/b10-9-. The van der Waals surface area contributed by atoms with Gasteiger partial charge in [0.05, 0.1) is 18.5 Å². The molecule has 30 heavy (non-hydrogen) atoms. The molecule has 0 aliphatic rings. The first-order valence-electron chi connectivity index (χ1n) is 9.52. The van der Waals surface area contributed by atoms with Crippen molar-refractivity contribution < 1.29 is 14.4 Å². The van der Waals surface area contributed by atoms with Crippen LogP contribution in [0.5, 0.6) is 11.5 Å². The third kappa shape index (κ3) is 5.22. The van der Waals surface area contributed by atoms with Gasteiger partial charge in [-0.25, -0.2) is 5.84 Å². The van der Waals surface area contributed by atoms with Crippen LogP contribution in [0.4, 0.5) is 11.4 Å². The van der Waals surface area contributed by atoms with Crippen molar-refractivity contribution in [1.82, 2.24) is 5.48 Å². The fourth-order valence-corrected chi connectivity index (χ4v) is 2.92. The molecule has 0 bridgehead atoms. The number of hydroxylamine groups is 1. The van der Waals surface area contributed by atoms with Crippen molar-refractivity contribution in [2.45, 2.75) is 33.1 Å². The van der Waals surface area contributed by atoms with Crippen LogP contribution in [0.3, 0.4) is 0 Å². The number of hydrogen-bond donors (Lipinski definition) is 4. The monoisotopic (exact) mass is 413 g/mol. The lowest BCUT2D eigenvalue weighted by molar-refractivity contribution is 0.102. The Morgan fingerprint density at radius 3 is 2.47 bits per heavy atom. The average molecular weight is 414 g/mol. The second kappa shape index (κ2) is 9.51. The number of carbonyl (C=O) groups excluding carboxylic acids is 1. The minimum atomic E-state index is -0.304. The number of nitrogens with one attached hydrogen (secondary N) is 2. The van der Waals surface area contributed by atoms with Crippen LogP contribution in [0.15, 0.2) is 42.7 Å². The average Bonchev–Trinajstić information content (AvgIpc) is 2.67. The highest BCUT2D eigenvalue weighted by atomic mass is 16.7. The molecule has 0 aliphatic carbocycles. The third-order valence-electron chi connectivity index (χ3n) is 4.58. The van der Waals surface area contributed by atoms with Crippen molar-refractivity contribution in [3.63, 3.8) is 0 Å². The number of hydrazine groups is 1. The highest BCUT2D eigenvalue weighted by molar-refractivity contribution is 6.06. The summed E-state index contributed by atoms with van der Waals surface area (Å²) >= 11 is 0. The minimum absolute atomic E-state index is 0.163. The van der Waals surface area contributed by atoms with Crippen LogP contribution in [0.1, 0.15) is 42.3 Å². The molecule has 0 aliphatic heterocycles. The van der Waals surface area contributed by atoms with Crippen molar-refractivity contribution in [2.75, 3.05) is 24.5 Å². The lowest BCUT2D eigenvalue weighted by atomic mass is 9.86. The fraction of sp³-hybridized carbons (Fsp3) is 0.318. The van der Waals surface area contributed by atoms with Gasteiger partial charge in [0.15, 0.2) is 11.5 Å². The Morgan fingerprint density at radius 2 is 1.90 bits per heavy atom. The number of hydrogen-bond acceptors (Lipinski definition) is 7. The van der Waals surface area contributed by atoms with E-state index in [1.165, 1.54) is 24.5 Å². The number of ether oxygens (including phenoxy) is 1. The molecule has 0 fully saturated rings. The molecule has 2 rings (SSSR count). The quantitative estimate of drug-likeness (QED) is 0.407. The number of anilines is 2. The van der Waals surface area contributed by atoms with Crippen molar-refractivity contribution >= 4 is 17.3 Å². The molecule has 0 saturated carbocycles. The smallest absolute Gasteiger partial charge is 0.255 e. The van der Waals surface area contributed by atoms with E-state index in [9.17, 15) is 4.79 Å². The van der Waals surface area contributed by atoms with E-state index in [1.54, 1.807) is 19.2 Å². The second-order valence-corrected chi connectivity index (χ2v) is 7.82. The maximum absolute atomic E-state index is 13.0. The largest absolute Gasteiger partial charge is 0.491 e. The summed E-state index contributed by atoms with van der Waals surface area (Å²) in [4.78, 5) is 18.5. The van der Waals surface area contributed by atoms with E-state index in [4.69, 9.17) is 21.2 Å². The van der Waals surface area contributed by atoms with Gasteiger partial charge in [0.1, 0.15) is 0 Å². The molecule has 0 heterocycles. The third-order valence-corrected chi connectivity index (χ3v) is 4.58. The molecule has 0 radical (unpaired) electrons. The van der Waals surface area contributed by atoms with Gasteiger partial charge in [-0.15, -0.1) is 0 Å². The zero-order valence-electron chi connectivity index (χ0n) is 18.4. The van der Waals surface area contributed by atoms with Crippen molar-refractivity contribution in [3.05, 3.63) is 59.4 Å². The molecule has 2 aromatic rings. The van der Waals surface area contributed by atoms with Crippen LogP contribution in [-0.4, -0.2) is 20.1 Å². The Morgan fingerprint density at radius 1 is 1.20 bits per heavy atom. The number of methoxy groups -OCH3 is 1. The maximum Gasteiger partial charge on any atom is 0.255 e. The first-order valence-corrected chi connectivity index (χ1v) is 9.52. The van der Waals surface area contributed by atoms with Gasteiger partial charge in [0, 0.05) is 25.0 Å². The summed E-state index contributed by atoms with van der Waals surface area (Å²) < 4.78 is 5.52. The summed E-state index contributed by atoms with van der Waals surface area (Å²) in [6, 6.07) is 9.04. The summed E-state index contributed by atoms with van der Waals surface area (Å²) in [5.41, 5.74) is 11.4. The van der Waals surface area contributed by atoms with Gasteiger partial charge in [-0.1, -0.05) is 26.8 Å². The van der Waals surface area contributed by atoms with E-state index in [-0.39, 0.29) is 11.3 Å². The van der Waals surface area contributed by atoms with Crippen LogP contribution in [0.2, 0.25) is 0 Å². The number of nitrogens with two attached hydrogens (primary N) is 2. The maximum atomic E-state index is 13.0. The Bertz CT molecular complexity index is 935. The predicted molar refractivity (Wildman–Crippen MR) is 121 cm³/mol. The van der Waals surface area contributed by atoms with Crippen LogP contribution < -0.4 is 37.0 Å². The Kier molecular flexibility index (Phi) is 7.31. The second-order valence-electron chi connectivity index (χ2n) is 7.82. The Hall–Kier alpha value is -3.23. The normalized spacial score (nSPS) is 11.4. The van der Waals surface area contributed by atoms with Gasteiger partial charge in [0.2, 0.25) is 0 Å².